The molecule has 1 N–H and O–H groups in total. The van der Waals surface area contributed by atoms with Crippen molar-refractivity contribution >= 4 is 16.8 Å². The summed E-state index contributed by atoms with van der Waals surface area (Å²) in [6, 6.07) is 8.79. The van der Waals surface area contributed by atoms with Gasteiger partial charge < -0.3 is 14.5 Å². The van der Waals surface area contributed by atoms with Gasteiger partial charge in [-0.2, -0.15) is 0 Å². The Bertz CT molecular complexity index is 952. The largest absolute Gasteiger partial charge is 0.349 e. The second kappa shape index (κ2) is 7.15. The minimum Gasteiger partial charge on any atom is -0.349 e. The lowest BCUT2D eigenvalue weighted by Crippen LogP contribution is -2.47. The van der Waals surface area contributed by atoms with Gasteiger partial charge in [0.1, 0.15) is 6.54 Å². The predicted octanol–water partition coefficient (Wildman–Crippen LogP) is 2.43. The van der Waals surface area contributed by atoms with Gasteiger partial charge in [0.05, 0.1) is 17.9 Å². The molecule has 0 saturated heterocycles. The smallest absolute Gasteiger partial charge is 0.240 e. The topological polar surface area (TPSA) is 68.9 Å². The van der Waals surface area contributed by atoms with E-state index < -0.39 is 0 Å². The van der Waals surface area contributed by atoms with Gasteiger partial charge in [0, 0.05) is 36.6 Å². The Labute approximate surface area is 152 Å². The Morgan fingerprint density at radius 3 is 2.65 bits per heavy atom. The first kappa shape index (κ1) is 17.9. The zero-order valence-electron chi connectivity index (χ0n) is 15.3. The van der Waals surface area contributed by atoms with Crippen LogP contribution in [0.5, 0.6) is 0 Å². The highest BCUT2D eigenvalue weighted by atomic mass is 16.2. The third-order valence-corrected chi connectivity index (χ3v) is 4.53. The predicted molar refractivity (Wildman–Crippen MR) is 102 cm³/mol. The van der Waals surface area contributed by atoms with Crippen LogP contribution in [-0.4, -0.2) is 26.1 Å². The molecule has 26 heavy (non-hydrogen) atoms. The van der Waals surface area contributed by atoms with Crippen molar-refractivity contribution < 1.29 is 4.79 Å². The summed E-state index contributed by atoms with van der Waals surface area (Å²) in [5, 5.41) is 3.76. The first-order valence-electron chi connectivity index (χ1n) is 8.68. The van der Waals surface area contributed by atoms with E-state index in [-0.39, 0.29) is 29.3 Å². The first-order valence-corrected chi connectivity index (χ1v) is 8.68. The fourth-order valence-electron chi connectivity index (χ4n) is 2.93. The molecular formula is C20H24N4O2. The number of pyridine rings is 1. The molecule has 1 aromatic carbocycles. The van der Waals surface area contributed by atoms with Gasteiger partial charge in [-0.1, -0.05) is 32.9 Å². The SMILES string of the molecule is CC(C)(C)[C@@H](Cn1ccnc1)NC(=O)Cn1ccc(=O)c2ccccc21. The Morgan fingerprint density at radius 2 is 1.96 bits per heavy atom. The monoisotopic (exact) mass is 352 g/mol. The molecule has 3 aromatic rings. The summed E-state index contributed by atoms with van der Waals surface area (Å²) < 4.78 is 3.77. The molecule has 2 heterocycles. The van der Waals surface area contributed by atoms with Crippen molar-refractivity contribution in [3.63, 3.8) is 0 Å². The fourth-order valence-corrected chi connectivity index (χ4v) is 2.93. The Kier molecular flexibility index (Phi) is 4.93. The summed E-state index contributed by atoms with van der Waals surface area (Å²) in [5.74, 6) is -0.0844. The fraction of sp³-hybridized carbons (Fsp3) is 0.350. The molecule has 0 radical (unpaired) electrons. The van der Waals surface area contributed by atoms with E-state index in [1.54, 1.807) is 24.8 Å². The van der Waals surface area contributed by atoms with Crippen LogP contribution >= 0.6 is 0 Å². The van der Waals surface area contributed by atoms with Crippen LogP contribution in [0.4, 0.5) is 0 Å². The van der Waals surface area contributed by atoms with Gasteiger partial charge in [-0.3, -0.25) is 9.59 Å². The van der Waals surface area contributed by atoms with Gasteiger partial charge in [-0.05, 0) is 17.5 Å². The van der Waals surface area contributed by atoms with Crippen LogP contribution in [0.2, 0.25) is 0 Å². The number of carbonyl (C=O) groups excluding carboxylic acids is 1. The molecule has 0 aliphatic carbocycles. The maximum Gasteiger partial charge on any atom is 0.240 e. The molecule has 0 bridgehead atoms. The first-order chi connectivity index (χ1) is 12.3. The summed E-state index contributed by atoms with van der Waals surface area (Å²) in [6.07, 6.45) is 7.04. The third-order valence-electron chi connectivity index (χ3n) is 4.53. The van der Waals surface area contributed by atoms with Crippen LogP contribution in [0.15, 0.2) is 60.0 Å². The third kappa shape index (κ3) is 4.02. The second-order valence-electron chi connectivity index (χ2n) is 7.57. The number of amides is 1. The number of hydrogen-bond donors (Lipinski definition) is 1. The highest BCUT2D eigenvalue weighted by Gasteiger charge is 2.26. The molecule has 0 saturated carbocycles. The Hall–Kier alpha value is -2.89. The van der Waals surface area contributed by atoms with Crippen molar-refractivity contribution in [2.24, 2.45) is 5.41 Å². The lowest BCUT2D eigenvalue weighted by Gasteiger charge is -2.32. The van der Waals surface area contributed by atoms with Gasteiger partial charge in [0.2, 0.25) is 5.91 Å². The van der Waals surface area contributed by atoms with E-state index >= 15 is 0 Å². The Balaban J connectivity index is 1.79. The molecular weight excluding hydrogens is 328 g/mol. The normalized spacial score (nSPS) is 12.9. The van der Waals surface area contributed by atoms with Gasteiger partial charge in [-0.25, -0.2) is 4.98 Å². The summed E-state index contributed by atoms with van der Waals surface area (Å²) >= 11 is 0. The number of nitrogens with zero attached hydrogens (tertiary/aromatic N) is 3. The highest BCUT2D eigenvalue weighted by Crippen LogP contribution is 2.21. The van der Waals surface area contributed by atoms with Crippen LogP contribution in [0.1, 0.15) is 20.8 Å². The van der Waals surface area contributed by atoms with Gasteiger partial charge >= 0.3 is 0 Å². The average Bonchev–Trinajstić information content (AvgIpc) is 3.09. The lowest BCUT2D eigenvalue weighted by molar-refractivity contribution is -0.123. The molecule has 136 valence electrons. The van der Waals surface area contributed by atoms with Crippen LogP contribution in [0.3, 0.4) is 0 Å². The zero-order valence-corrected chi connectivity index (χ0v) is 15.3. The molecule has 1 atom stereocenters. The molecule has 0 aliphatic rings. The molecule has 0 spiro atoms. The van der Waals surface area contributed by atoms with E-state index in [0.29, 0.717) is 11.9 Å². The molecule has 3 rings (SSSR count). The number of aromatic nitrogens is 3. The van der Waals surface area contributed by atoms with E-state index in [1.165, 1.54) is 6.07 Å². The van der Waals surface area contributed by atoms with Crippen molar-refractivity contribution in [3.05, 3.63) is 65.5 Å². The number of rotatable bonds is 5. The molecule has 0 fully saturated rings. The number of benzene rings is 1. The second-order valence-corrected chi connectivity index (χ2v) is 7.57. The summed E-state index contributed by atoms with van der Waals surface area (Å²) in [4.78, 5) is 28.7. The molecule has 1 amide bonds. The van der Waals surface area contributed by atoms with E-state index in [2.05, 4.69) is 31.1 Å². The minimum atomic E-state index is -0.106. The average molecular weight is 352 g/mol. The maximum atomic E-state index is 12.7. The molecule has 2 aromatic heterocycles. The lowest BCUT2D eigenvalue weighted by atomic mass is 9.86. The molecule has 0 unspecified atom stereocenters. The van der Waals surface area contributed by atoms with E-state index in [1.807, 2.05) is 33.5 Å². The van der Waals surface area contributed by atoms with Crippen LogP contribution in [0, 0.1) is 5.41 Å². The van der Waals surface area contributed by atoms with Crippen LogP contribution in [0.25, 0.3) is 10.9 Å². The van der Waals surface area contributed by atoms with Crippen molar-refractivity contribution in [1.82, 2.24) is 19.4 Å². The standard InChI is InChI=1S/C20H24N4O2/c1-20(2,3)18(12-23-11-9-21-14-23)22-19(26)13-24-10-8-17(25)15-6-4-5-7-16(15)24/h4-11,14,18H,12-13H2,1-3H3,(H,22,26)/t18-/m1/s1. The minimum absolute atomic E-state index is 0.0371. The van der Waals surface area contributed by atoms with Crippen molar-refractivity contribution in [3.8, 4) is 0 Å². The van der Waals surface area contributed by atoms with E-state index in [9.17, 15) is 9.59 Å². The van der Waals surface area contributed by atoms with Crippen LogP contribution < -0.4 is 10.7 Å². The number of nitrogens with one attached hydrogen (secondary N) is 1. The number of hydrogen-bond acceptors (Lipinski definition) is 3. The maximum absolute atomic E-state index is 12.7. The van der Waals surface area contributed by atoms with Crippen molar-refractivity contribution in [1.29, 1.82) is 0 Å². The zero-order chi connectivity index (χ0) is 18.7. The van der Waals surface area contributed by atoms with Crippen LogP contribution in [-0.2, 0) is 17.9 Å². The van der Waals surface area contributed by atoms with Gasteiger partial charge in [-0.15, -0.1) is 0 Å². The highest BCUT2D eigenvalue weighted by molar-refractivity contribution is 5.82. The van der Waals surface area contributed by atoms with E-state index in [0.717, 1.165) is 5.52 Å². The number of para-hydroxylation sites is 1. The number of carbonyl (C=O) groups is 1. The number of imidazole rings is 1. The molecule has 0 aliphatic heterocycles. The van der Waals surface area contributed by atoms with Gasteiger partial charge in [0.25, 0.3) is 0 Å². The molecule has 6 nitrogen and oxygen atoms in total. The van der Waals surface area contributed by atoms with E-state index in [4.69, 9.17) is 0 Å². The summed E-state index contributed by atoms with van der Waals surface area (Å²) in [7, 11) is 0. The van der Waals surface area contributed by atoms with Crippen molar-refractivity contribution in [2.45, 2.75) is 39.9 Å². The summed E-state index contributed by atoms with van der Waals surface area (Å²) in [6.45, 7) is 7.12. The Morgan fingerprint density at radius 1 is 1.19 bits per heavy atom. The van der Waals surface area contributed by atoms with Gasteiger partial charge in [0.15, 0.2) is 5.43 Å². The number of fused-ring (bicyclic) bond motifs is 1. The molecule has 6 heteroatoms. The quantitative estimate of drug-likeness (QED) is 0.767. The summed E-state index contributed by atoms with van der Waals surface area (Å²) in [5.41, 5.74) is 0.618. The van der Waals surface area contributed by atoms with Crippen molar-refractivity contribution in [2.75, 3.05) is 0 Å².